The number of anilines is 1. The molecule has 0 spiro atoms. The first-order chi connectivity index (χ1) is 15.7. The monoisotopic (exact) mass is 446 g/mol. The maximum Gasteiger partial charge on any atom is 0.226 e. The number of nitrogens with zero attached hydrogens (tertiary/aromatic N) is 3. The highest BCUT2D eigenvalue weighted by molar-refractivity contribution is 7.20. The van der Waals surface area contributed by atoms with Crippen LogP contribution in [0.25, 0.3) is 15.3 Å². The van der Waals surface area contributed by atoms with E-state index in [1.165, 1.54) is 11.3 Å². The van der Waals surface area contributed by atoms with E-state index in [0.29, 0.717) is 37.0 Å². The van der Waals surface area contributed by atoms with Gasteiger partial charge in [-0.3, -0.25) is 4.79 Å². The van der Waals surface area contributed by atoms with Crippen molar-refractivity contribution in [3.05, 3.63) is 72.4 Å². The Morgan fingerprint density at radius 2 is 2.12 bits per heavy atom. The van der Waals surface area contributed by atoms with E-state index in [0.717, 1.165) is 26.5 Å². The van der Waals surface area contributed by atoms with Gasteiger partial charge in [0.15, 0.2) is 11.5 Å². The van der Waals surface area contributed by atoms with Crippen LogP contribution in [0.5, 0.6) is 11.5 Å². The number of nitrogens with one attached hydrogen (secondary N) is 1. The summed E-state index contributed by atoms with van der Waals surface area (Å²) in [4.78, 5) is 17.3. The quantitative estimate of drug-likeness (QED) is 0.408. The lowest BCUT2D eigenvalue weighted by atomic mass is 9.87. The van der Waals surface area contributed by atoms with Crippen molar-refractivity contribution in [2.24, 2.45) is 0 Å². The average Bonchev–Trinajstić information content (AvgIpc) is 3.41. The molecule has 1 aliphatic rings. The lowest BCUT2D eigenvalue weighted by Crippen LogP contribution is -2.24. The summed E-state index contributed by atoms with van der Waals surface area (Å²) in [6.45, 7) is 6.53. The van der Waals surface area contributed by atoms with Crippen molar-refractivity contribution in [1.82, 2.24) is 14.8 Å². The van der Waals surface area contributed by atoms with E-state index in [1.807, 2.05) is 55.6 Å². The maximum atomic E-state index is 12.6. The summed E-state index contributed by atoms with van der Waals surface area (Å²) in [6.07, 6.45) is 3.84. The Hall–Kier alpha value is -3.65. The van der Waals surface area contributed by atoms with Gasteiger partial charge in [-0.15, -0.1) is 0 Å². The first kappa shape index (κ1) is 20.3. The highest BCUT2D eigenvalue weighted by Crippen LogP contribution is 2.41. The second-order valence-corrected chi connectivity index (χ2v) is 8.38. The Kier molecular flexibility index (Phi) is 5.36. The number of hydrogen-bond donors (Lipinski definition) is 1. The number of fused-ring (bicyclic) bond motifs is 2. The summed E-state index contributed by atoms with van der Waals surface area (Å²) in [6, 6.07) is 13.7. The molecule has 2 aromatic carbocycles. The van der Waals surface area contributed by atoms with Gasteiger partial charge in [-0.25, -0.2) is 4.98 Å². The van der Waals surface area contributed by atoms with Gasteiger partial charge in [0.05, 0.1) is 23.0 Å². The molecular weight excluding hydrogens is 424 g/mol. The molecule has 1 N–H and O–H groups in total. The van der Waals surface area contributed by atoms with E-state index < -0.39 is 0 Å². The topological polar surface area (TPSA) is 78.3 Å². The second-order valence-electron chi connectivity index (χ2n) is 7.37. The van der Waals surface area contributed by atoms with Crippen LogP contribution in [0.3, 0.4) is 0 Å². The lowest BCUT2D eigenvalue weighted by molar-refractivity contribution is -0.116. The fraction of sp³-hybridized carbons (Fsp3) is 0.208. The zero-order valence-corrected chi connectivity index (χ0v) is 18.4. The van der Waals surface area contributed by atoms with E-state index in [4.69, 9.17) is 9.47 Å². The molecule has 7 nitrogen and oxygen atoms in total. The number of hydrogen-bond acceptors (Lipinski definition) is 6. The van der Waals surface area contributed by atoms with Gasteiger partial charge < -0.3 is 14.8 Å². The zero-order valence-electron chi connectivity index (χ0n) is 17.6. The van der Waals surface area contributed by atoms with Gasteiger partial charge in [-0.1, -0.05) is 42.2 Å². The number of rotatable bonds is 7. The number of carbonyl (C=O) groups is 1. The SMILES string of the molecule is C=CCOc1ccc([C@@H]2CC(=O)Nc3c2cnn3-c2nc3ccccc3s2)cc1OCC. The molecule has 0 saturated heterocycles. The minimum absolute atomic E-state index is 0.0599. The molecule has 8 heteroatoms. The van der Waals surface area contributed by atoms with E-state index >= 15 is 0 Å². The summed E-state index contributed by atoms with van der Waals surface area (Å²) < 4.78 is 14.3. The highest BCUT2D eigenvalue weighted by Gasteiger charge is 2.31. The van der Waals surface area contributed by atoms with Crippen LogP contribution in [0, 0.1) is 0 Å². The van der Waals surface area contributed by atoms with Crippen molar-refractivity contribution in [2.45, 2.75) is 19.3 Å². The number of ether oxygens (including phenoxy) is 2. The molecule has 5 rings (SSSR count). The first-order valence-corrected chi connectivity index (χ1v) is 11.2. The Morgan fingerprint density at radius 1 is 1.25 bits per heavy atom. The van der Waals surface area contributed by atoms with E-state index in [1.54, 1.807) is 10.8 Å². The van der Waals surface area contributed by atoms with Crippen LogP contribution in [0.1, 0.15) is 30.4 Å². The molecule has 162 valence electrons. The Labute approximate surface area is 189 Å². The smallest absolute Gasteiger partial charge is 0.226 e. The van der Waals surface area contributed by atoms with Crippen LogP contribution in [-0.4, -0.2) is 33.9 Å². The third-order valence-electron chi connectivity index (χ3n) is 5.31. The fourth-order valence-corrected chi connectivity index (χ4v) is 4.82. The van der Waals surface area contributed by atoms with E-state index in [-0.39, 0.29) is 11.8 Å². The van der Waals surface area contributed by atoms with Crippen LogP contribution >= 0.6 is 11.3 Å². The molecule has 0 saturated carbocycles. The molecular formula is C24H22N4O3S. The van der Waals surface area contributed by atoms with Crippen molar-refractivity contribution >= 4 is 33.3 Å². The van der Waals surface area contributed by atoms with Crippen LogP contribution in [-0.2, 0) is 4.79 Å². The maximum absolute atomic E-state index is 12.6. The third-order valence-corrected chi connectivity index (χ3v) is 6.32. The molecule has 1 amide bonds. The summed E-state index contributed by atoms with van der Waals surface area (Å²) in [7, 11) is 0. The largest absolute Gasteiger partial charge is 0.490 e. The van der Waals surface area contributed by atoms with Gasteiger partial charge in [0.1, 0.15) is 12.4 Å². The van der Waals surface area contributed by atoms with Gasteiger partial charge in [-0.05, 0) is 36.8 Å². The third kappa shape index (κ3) is 3.62. The molecule has 32 heavy (non-hydrogen) atoms. The predicted octanol–water partition coefficient (Wildman–Crippen LogP) is 4.92. The number of para-hydroxylation sites is 1. The fourth-order valence-electron chi connectivity index (χ4n) is 3.89. The predicted molar refractivity (Wildman–Crippen MR) is 125 cm³/mol. The number of benzene rings is 2. The minimum atomic E-state index is -0.144. The van der Waals surface area contributed by atoms with Crippen LogP contribution in [0.2, 0.25) is 0 Å². The van der Waals surface area contributed by atoms with Crippen LogP contribution in [0.15, 0.2) is 61.3 Å². The molecule has 2 aromatic heterocycles. The molecule has 0 aliphatic carbocycles. The first-order valence-electron chi connectivity index (χ1n) is 10.4. The molecule has 4 aromatic rings. The van der Waals surface area contributed by atoms with Crippen molar-refractivity contribution in [3.63, 3.8) is 0 Å². The Balaban J connectivity index is 1.55. The van der Waals surface area contributed by atoms with Crippen molar-refractivity contribution in [1.29, 1.82) is 0 Å². The van der Waals surface area contributed by atoms with Crippen LogP contribution < -0.4 is 14.8 Å². The van der Waals surface area contributed by atoms with Crippen LogP contribution in [0.4, 0.5) is 5.82 Å². The second kappa shape index (κ2) is 8.47. The van der Waals surface area contributed by atoms with Gasteiger partial charge >= 0.3 is 0 Å². The molecule has 0 radical (unpaired) electrons. The lowest BCUT2D eigenvalue weighted by Gasteiger charge is -2.24. The van der Waals surface area contributed by atoms with Crippen molar-refractivity contribution in [3.8, 4) is 16.6 Å². The Morgan fingerprint density at radius 3 is 2.94 bits per heavy atom. The molecule has 1 atom stereocenters. The standard InChI is InChI=1S/C24H22N4O3S/c1-3-11-31-19-10-9-15(12-20(19)30-4-2)16-13-22(29)27-23-17(16)14-25-28(23)24-26-18-7-5-6-8-21(18)32-24/h3,5-10,12,14,16H,1,4,11,13H2,2H3,(H,27,29)/t16-/m0/s1. The van der Waals surface area contributed by atoms with Gasteiger partial charge in [-0.2, -0.15) is 9.78 Å². The number of carbonyl (C=O) groups excluding carboxylic acids is 1. The average molecular weight is 447 g/mol. The molecule has 0 fully saturated rings. The highest BCUT2D eigenvalue weighted by atomic mass is 32.1. The zero-order chi connectivity index (χ0) is 22.1. The molecule has 0 unspecified atom stereocenters. The molecule has 1 aliphatic heterocycles. The van der Waals surface area contributed by atoms with Gasteiger partial charge in [0.25, 0.3) is 0 Å². The number of aromatic nitrogens is 3. The van der Waals surface area contributed by atoms with E-state index in [2.05, 4.69) is 22.0 Å². The minimum Gasteiger partial charge on any atom is -0.490 e. The van der Waals surface area contributed by atoms with Gasteiger partial charge in [0, 0.05) is 17.9 Å². The summed E-state index contributed by atoms with van der Waals surface area (Å²) in [5.74, 6) is 1.76. The molecule has 0 bridgehead atoms. The summed E-state index contributed by atoms with van der Waals surface area (Å²) in [5, 5.41) is 8.28. The van der Waals surface area contributed by atoms with Crippen molar-refractivity contribution < 1.29 is 14.3 Å². The number of amides is 1. The summed E-state index contributed by atoms with van der Waals surface area (Å²) >= 11 is 1.54. The normalized spacial score (nSPS) is 15.3. The van der Waals surface area contributed by atoms with E-state index in [9.17, 15) is 4.79 Å². The molecule has 3 heterocycles. The number of thiazole rings is 1. The van der Waals surface area contributed by atoms with Crippen molar-refractivity contribution in [2.75, 3.05) is 18.5 Å². The Bertz CT molecular complexity index is 1280. The summed E-state index contributed by atoms with van der Waals surface area (Å²) in [5.41, 5.74) is 2.83. The van der Waals surface area contributed by atoms with Gasteiger partial charge in [0.2, 0.25) is 11.0 Å².